The number of nitrogens with zero attached hydrogens (tertiary/aromatic N) is 1. The number of hydrogen-bond acceptors (Lipinski definition) is 5. The van der Waals surface area contributed by atoms with Crippen LogP contribution in [0.15, 0.2) is 24.3 Å². The van der Waals surface area contributed by atoms with E-state index in [-0.39, 0.29) is 32.8 Å². The smallest absolute Gasteiger partial charge is 0.302 e. The van der Waals surface area contributed by atoms with Crippen LogP contribution in [0.3, 0.4) is 0 Å². The molecule has 0 N–H and O–H groups in total. The van der Waals surface area contributed by atoms with Crippen LogP contribution in [0.1, 0.15) is 19.4 Å². The van der Waals surface area contributed by atoms with Gasteiger partial charge in [-0.3, -0.25) is 9.59 Å². The summed E-state index contributed by atoms with van der Waals surface area (Å²) in [4.78, 5) is 21.6. The Morgan fingerprint density at radius 1 is 1.09 bits per heavy atom. The van der Waals surface area contributed by atoms with E-state index < -0.39 is 16.6 Å². The predicted octanol–water partition coefficient (Wildman–Crippen LogP) is 2.28. The van der Waals surface area contributed by atoms with E-state index in [9.17, 15) is 14.8 Å². The molecule has 0 aliphatic rings. The van der Waals surface area contributed by atoms with E-state index in [1.54, 1.807) is 24.3 Å². The lowest BCUT2D eigenvalue weighted by Crippen LogP contribution is -2.46. The van der Waals surface area contributed by atoms with Gasteiger partial charge in [0.05, 0.1) is 0 Å². The van der Waals surface area contributed by atoms with Crippen LogP contribution < -0.4 is 0 Å². The largest absolute Gasteiger partial charge is 0.632 e. The molecule has 0 fully saturated rings. The summed E-state index contributed by atoms with van der Waals surface area (Å²) < 4.78 is 8.99. The Bertz CT molecular complexity index is 500. The Hall–Kier alpha value is -1.63. The van der Waals surface area contributed by atoms with Crippen LogP contribution in [0.4, 0.5) is 0 Å². The molecule has 0 saturated heterocycles. The van der Waals surface area contributed by atoms with Crippen LogP contribution in [-0.2, 0) is 25.6 Å². The number of hydroxylamine groups is 3. The first-order valence-corrected chi connectivity index (χ1v) is 7.27. The minimum Gasteiger partial charge on any atom is -0.632 e. The highest BCUT2D eigenvalue weighted by molar-refractivity contribution is 6.31. The Kier molecular flexibility index (Phi) is 7.31. The first-order valence-electron chi connectivity index (χ1n) is 6.89. The molecule has 0 heterocycles. The highest BCUT2D eigenvalue weighted by Crippen LogP contribution is 2.20. The molecule has 0 bridgehead atoms. The van der Waals surface area contributed by atoms with E-state index in [1.165, 1.54) is 13.8 Å². The van der Waals surface area contributed by atoms with Crippen molar-refractivity contribution in [1.82, 2.24) is 0 Å². The molecule has 0 spiro atoms. The zero-order valence-corrected chi connectivity index (χ0v) is 13.5. The van der Waals surface area contributed by atoms with E-state index in [1.807, 2.05) is 0 Å². The zero-order chi connectivity index (χ0) is 16.6. The lowest BCUT2D eigenvalue weighted by atomic mass is 10.2. The first kappa shape index (κ1) is 18.4. The van der Waals surface area contributed by atoms with Crippen LogP contribution in [-0.4, -0.2) is 42.9 Å². The van der Waals surface area contributed by atoms with Gasteiger partial charge in [0.2, 0.25) is 0 Å². The first-order chi connectivity index (χ1) is 10.3. The van der Waals surface area contributed by atoms with Gasteiger partial charge in [-0.25, -0.2) is 0 Å². The molecule has 7 heteroatoms. The molecule has 1 rings (SSSR count). The monoisotopic (exact) mass is 329 g/mol. The molecule has 0 radical (unpaired) electrons. The third kappa shape index (κ3) is 6.89. The second-order valence-electron chi connectivity index (χ2n) is 4.93. The van der Waals surface area contributed by atoms with E-state index in [0.717, 1.165) is 0 Å². The molecule has 122 valence electrons. The minimum atomic E-state index is -0.690. The van der Waals surface area contributed by atoms with Crippen molar-refractivity contribution in [2.24, 2.45) is 0 Å². The van der Waals surface area contributed by atoms with Gasteiger partial charge >= 0.3 is 11.9 Å². The topological polar surface area (TPSA) is 75.7 Å². The summed E-state index contributed by atoms with van der Waals surface area (Å²) in [5.74, 6) is -0.881. The van der Waals surface area contributed by atoms with Gasteiger partial charge < -0.3 is 19.3 Å². The second kappa shape index (κ2) is 8.73. The number of ether oxygens (including phenoxy) is 2. The maximum absolute atomic E-state index is 12.9. The zero-order valence-electron chi connectivity index (χ0n) is 12.7. The number of hydrogen-bond donors (Lipinski definition) is 0. The van der Waals surface area contributed by atoms with Gasteiger partial charge in [-0.05, 0) is 6.07 Å². The average Bonchev–Trinajstić information content (AvgIpc) is 2.40. The Morgan fingerprint density at radius 3 is 2.05 bits per heavy atom. The fraction of sp³-hybridized carbons (Fsp3) is 0.467. The minimum absolute atomic E-state index is 0.00333. The molecule has 0 aliphatic heterocycles. The summed E-state index contributed by atoms with van der Waals surface area (Å²) in [6.07, 6.45) is 0. The molecule has 0 aromatic heterocycles. The molecule has 22 heavy (non-hydrogen) atoms. The summed E-state index contributed by atoms with van der Waals surface area (Å²) in [5, 5.41) is 13.4. The SMILES string of the molecule is CC(=O)OCC[N+]([O-])(CCOC(C)=O)Cc1ccccc1Cl. The maximum atomic E-state index is 12.9. The summed E-state index contributed by atoms with van der Waals surface area (Å²) in [6, 6.07) is 7.05. The van der Waals surface area contributed by atoms with Crippen molar-refractivity contribution in [1.29, 1.82) is 0 Å². The Balaban J connectivity index is 2.73. The van der Waals surface area contributed by atoms with E-state index in [4.69, 9.17) is 21.1 Å². The molecule has 1 aromatic rings. The number of carbonyl (C=O) groups is 2. The third-order valence-corrected chi connectivity index (χ3v) is 3.39. The van der Waals surface area contributed by atoms with Gasteiger partial charge in [-0.2, -0.15) is 0 Å². The molecule has 0 amide bonds. The van der Waals surface area contributed by atoms with Gasteiger partial charge in [-0.1, -0.05) is 29.8 Å². The van der Waals surface area contributed by atoms with Gasteiger partial charge in [0.1, 0.15) is 32.8 Å². The van der Waals surface area contributed by atoms with Crippen molar-refractivity contribution >= 4 is 23.5 Å². The normalized spacial score (nSPS) is 11.1. The number of carbonyl (C=O) groups excluding carboxylic acids is 2. The van der Waals surface area contributed by atoms with Crippen molar-refractivity contribution in [3.05, 3.63) is 40.1 Å². The molecule has 1 aromatic carbocycles. The van der Waals surface area contributed by atoms with E-state index in [2.05, 4.69) is 0 Å². The summed E-state index contributed by atoms with van der Waals surface area (Å²) in [5.41, 5.74) is 0.699. The predicted molar refractivity (Wildman–Crippen MR) is 81.8 cm³/mol. The van der Waals surface area contributed by atoms with Gasteiger partial charge in [0.15, 0.2) is 0 Å². The third-order valence-electron chi connectivity index (χ3n) is 3.02. The molecule has 0 saturated carbocycles. The number of esters is 2. The van der Waals surface area contributed by atoms with E-state index >= 15 is 0 Å². The van der Waals surface area contributed by atoms with Crippen LogP contribution in [0.25, 0.3) is 0 Å². The standard InChI is InChI=1S/C15H20ClNO5/c1-12(18)21-9-7-17(20,8-10-22-13(2)19)11-14-5-3-4-6-15(14)16/h3-6H,7-11H2,1-2H3. The van der Waals surface area contributed by atoms with Crippen molar-refractivity contribution < 1.29 is 23.7 Å². The summed E-state index contributed by atoms with van der Waals surface area (Å²) in [7, 11) is 0. The maximum Gasteiger partial charge on any atom is 0.302 e. The summed E-state index contributed by atoms with van der Waals surface area (Å²) in [6.45, 7) is 2.81. The molecule has 0 unspecified atom stereocenters. The second-order valence-corrected chi connectivity index (χ2v) is 5.34. The molecule has 0 aliphatic carbocycles. The fourth-order valence-electron chi connectivity index (χ4n) is 1.92. The lowest BCUT2D eigenvalue weighted by Gasteiger charge is -2.42. The average molecular weight is 330 g/mol. The van der Waals surface area contributed by atoms with Crippen LogP contribution in [0.5, 0.6) is 0 Å². The van der Waals surface area contributed by atoms with Crippen molar-refractivity contribution in [3.63, 3.8) is 0 Å². The number of benzene rings is 1. The van der Waals surface area contributed by atoms with E-state index in [0.29, 0.717) is 10.6 Å². The van der Waals surface area contributed by atoms with Gasteiger partial charge in [0.25, 0.3) is 0 Å². The Labute approximate surface area is 134 Å². The fourth-order valence-corrected chi connectivity index (χ4v) is 2.11. The van der Waals surface area contributed by atoms with Crippen molar-refractivity contribution in [2.45, 2.75) is 20.4 Å². The Morgan fingerprint density at radius 2 is 1.59 bits per heavy atom. The van der Waals surface area contributed by atoms with Crippen LogP contribution in [0, 0.1) is 5.21 Å². The number of quaternary nitrogens is 1. The molecule has 0 atom stereocenters. The lowest BCUT2D eigenvalue weighted by molar-refractivity contribution is -0.894. The van der Waals surface area contributed by atoms with Gasteiger partial charge in [-0.15, -0.1) is 0 Å². The molecule has 6 nitrogen and oxygen atoms in total. The quantitative estimate of drug-likeness (QED) is 0.415. The highest BCUT2D eigenvalue weighted by Gasteiger charge is 2.20. The van der Waals surface area contributed by atoms with Crippen LogP contribution in [0.2, 0.25) is 5.02 Å². The van der Waals surface area contributed by atoms with Gasteiger partial charge in [0, 0.05) is 24.4 Å². The van der Waals surface area contributed by atoms with Crippen LogP contribution >= 0.6 is 11.6 Å². The number of halogens is 1. The number of rotatable bonds is 8. The van der Waals surface area contributed by atoms with Crippen molar-refractivity contribution in [2.75, 3.05) is 26.3 Å². The summed E-state index contributed by atoms with van der Waals surface area (Å²) >= 11 is 6.08. The highest BCUT2D eigenvalue weighted by atomic mass is 35.5. The van der Waals surface area contributed by atoms with Crippen molar-refractivity contribution in [3.8, 4) is 0 Å². The molecular formula is C15H20ClNO5. The molecular weight excluding hydrogens is 310 g/mol.